The molecule has 1 aromatic heterocycles. The van der Waals surface area contributed by atoms with Gasteiger partial charge < -0.3 is 5.32 Å². The molecule has 2 aromatic rings. The smallest absolute Gasteiger partial charge is 0.134 e. The normalized spacial score (nSPS) is 14.6. The van der Waals surface area contributed by atoms with E-state index < -0.39 is 0 Å². The summed E-state index contributed by atoms with van der Waals surface area (Å²) in [6, 6.07) is 8.65. The van der Waals surface area contributed by atoms with Crippen molar-refractivity contribution in [3.63, 3.8) is 0 Å². The van der Waals surface area contributed by atoms with Crippen molar-refractivity contribution in [1.82, 2.24) is 14.5 Å². The van der Waals surface area contributed by atoms with E-state index in [4.69, 9.17) is 0 Å². The number of anilines is 1. The third kappa shape index (κ3) is 2.77. The highest BCUT2D eigenvalue weighted by Gasteiger charge is 2.20. The highest BCUT2D eigenvalue weighted by molar-refractivity contribution is 7.10. The first-order chi connectivity index (χ1) is 9.36. The molecule has 100 valence electrons. The summed E-state index contributed by atoms with van der Waals surface area (Å²) in [7, 11) is 0. The summed E-state index contributed by atoms with van der Waals surface area (Å²) in [4.78, 5) is 2.42. The zero-order valence-electron chi connectivity index (χ0n) is 11.1. The number of hydrogen-bond acceptors (Lipinski definition) is 5. The van der Waals surface area contributed by atoms with Crippen LogP contribution in [0.5, 0.6) is 0 Å². The molecule has 0 saturated heterocycles. The standard InChI is InChI=1S/C14H18N4S/c1-2-7-15-14-13(16-17-19-14)10-18-8-11-5-3-4-6-12(11)9-18/h3-6,15H,2,7-10H2,1H3. The lowest BCUT2D eigenvalue weighted by Crippen LogP contribution is -2.17. The van der Waals surface area contributed by atoms with E-state index in [1.807, 2.05) is 0 Å². The van der Waals surface area contributed by atoms with E-state index >= 15 is 0 Å². The highest BCUT2D eigenvalue weighted by Crippen LogP contribution is 2.26. The van der Waals surface area contributed by atoms with Gasteiger partial charge in [0.2, 0.25) is 0 Å². The van der Waals surface area contributed by atoms with Crippen molar-refractivity contribution in [3.8, 4) is 0 Å². The van der Waals surface area contributed by atoms with Gasteiger partial charge in [0.1, 0.15) is 10.7 Å². The van der Waals surface area contributed by atoms with E-state index in [-0.39, 0.29) is 0 Å². The second-order valence-electron chi connectivity index (χ2n) is 4.89. The Morgan fingerprint density at radius 2 is 2.00 bits per heavy atom. The molecule has 0 unspecified atom stereocenters. The Morgan fingerprint density at radius 3 is 2.68 bits per heavy atom. The molecular formula is C14H18N4S. The molecule has 0 atom stereocenters. The van der Waals surface area contributed by atoms with Crippen molar-refractivity contribution in [2.24, 2.45) is 0 Å². The van der Waals surface area contributed by atoms with Crippen molar-refractivity contribution in [2.75, 3.05) is 11.9 Å². The van der Waals surface area contributed by atoms with Crippen LogP contribution in [0.15, 0.2) is 24.3 Å². The first-order valence-corrected chi connectivity index (χ1v) is 7.48. The SMILES string of the molecule is CCCNc1snnc1CN1Cc2ccccc2C1. The van der Waals surface area contributed by atoms with Gasteiger partial charge in [-0.2, -0.15) is 0 Å². The maximum Gasteiger partial charge on any atom is 0.134 e. The van der Waals surface area contributed by atoms with Gasteiger partial charge in [0.15, 0.2) is 0 Å². The Bertz CT molecular complexity index is 527. The van der Waals surface area contributed by atoms with Gasteiger partial charge >= 0.3 is 0 Å². The summed E-state index contributed by atoms with van der Waals surface area (Å²) in [5.74, 6) is 0. The van der Waals surface area contributed by atoms with Gasteiger partial charge in [0.05, 0.1) is 0 Å². The minimum atomic E-state index is 0.872. The largest absolute Gasteiger partial charge is 0.374 e. The molecule has 5 heteroatoms. The predicted molar refractivity (Wildman–Crippen MR) is 78.1 cm³/mol. The molecule has 1 aromatic carbocycles. The Hall–Kier alpha value is -1.46. The quantitative estimate of drug-likeness (QED) is 0.910. The van der Waals surface area contributed by atoms with Crippen LogP contribution in [0.4, 0.5) is 5.00 Å². The molecule has 2 heterocycles. The van der Waals surface area contributed by atoms with Crippen LogP contribution in [0, 0.1) is 0 Å². The van der Waals surface area contributed by atoms with Crippen LogP contribution < -0.4 is 5.32 Å². The Kier molecular flexibility index (Phi) is 3.75. The lowest BCUT2D eigenvalue weighted by molar-refractivity contribution is 0.272. The van der Waals surface area contributed by atoms with E-state index in [1.165, 1.54) is 22.7 Å². The van der Waals surface area contributed by atoms with Crippen molar-refractivity contribution in [2.45, 2.75) is 33.0 Å². The van der Waals surface area contributed by atoms with Gasteiger partial charge in [-0.15, -0.1) is 5.10 Å². The zero-order chi connectivity index (χ0) is 13.1. The highest BCUT2D eigenvalue weighted by atomic mass is 32.1. The summed E-state index contributed by atoms with van der Waals surface area (Å²) in [6.45, 7) is 6.05. The van der Waals surface area contributed by atoms with Crippen molar-refractivity contribution in [1.29, 1.82) is 0 Å². The minimum Gasteiger partial charge on any atom is -0.374 e. The lowest BCUT2D eigenvalue weighted by Gasteiger charge is -2.13. The summed E-state index contributed by atoms with van der Waals surface area (Å²) in [5.41, 5.74) is 3.95. The Morgan fingerprint density at radius 1 is 1.26 bits per heavy atom. The average Bonchev–Trinajstić information content (AvgIpc) is 3.02. The van der Waals surface area contributed by atoms with Crippen molar-refractivity contribution < 1.29 is 0 Å². The topological polar surface area (TPSA) is 41.1 Å². The Balaban J connectivity index is 1.66. The molecule has 0 fully saturated rings. The average molecular weight is 274 g/mol. The maximum atomic E-state index is 4.26. The number of rotatable bonds is 5. The molecule has 0 radical (unpaired) electrons. The van der Waals surface area contributed by atoms with E-state index in [9.17, 15) is 0 Å². The third-order valence-electron chi connectivity index (χ3n) is 3.37. The molecule has 0 aliphatic carbocycles. The van der Waals surface area contributed by atoms with Crippen LogP contribution in [-0.4, -0.2) is 21.0 Å². The number of hydrogen-bond donors (Lipinski definition) is 1. The van der Waals surface area contributed by atoms with E-state index in [2.05, 4.69) is 51.0 Å². The number of nitrogens with one attached hydrogen (secondary N) is 1. The van der Waals surface area contributed by atoms with Gasteiger partial charge in [-0.25, -0.2) is 0 Å². The molecule has 0 bridgehead atoms. The molecule has 1 N–H and O–H groups in total. The lowest BCUT2D eigenvalue weighted by atomic mass is 10.1. The molecule has 4 nitrogen and oxygen atoms in total. The summed E-state index contributed by atoms with van der Waals surface area (Å²) >= 11 is 1.46. The van der Waals surface area contributed by atoms with E-state index in [1.54, 1.807) is 0 Å². The van der Waals surface area contributed by atoms with Crippen LogP contribution in [-0.2, 0) is 19.6 Å². The third-order valence-corrected chi connectivity index (χ3v) is 4.10. The van der Waals surface area contributed by atoms with Gasteiger partial charge in [-0.05, 0) is 17.5 Å². The molecule has 3 rings (SSSR count). The van der Waals surface area contributed by atoms with E-state index in [0.29, 0.717) is 0 Å². The molecule has 0 spiro atoms. The van der Waals surface area contributed by atoms with Gasteiger partial charge in [0.25, 0.3) is 0 Å². The predicted octanol–water partition coefficient (Wildman–Crippen LogP) is 2.88. The fourth-order valence-corrected chi connectivity index (χ4v) is 3.01. The van der Waals surface area contributed by atoms with Crippen molar-refractivity contribution in [3.05, 3.63) is 41.1 Å². The van der Waals surface area contributed by atoms with Crippen LogP contribution in [0.25, 0.3) is 0 Å². The van der Waals surface area contributed by atoms with E-state index in [0.717, 1.165) is 43.3 Å². The summed E-state index contributed by atoms with van der Waals surface area (Å²) < 4.78 is 4.07. The molecule has 19 heavy (non-hydrogen) atoms. The molecule has 1 aliphatic rings. The minimum absolute atomic E-state index is 0.872. The van der Waals surface area contributed by atoms with Gasteiger partial charge in [-0.1, -0.05) is 35.7 Å². The number of fused-ring (bicyclic) bond motifs is 1. The zero-order valence-corrected chi connectivity index (χ0v) is 11.9. The van der Waals surface area contributed by atoms with Gasteiger partial charge in [0, 0.05) is 37.7 Å². The number of aromatic nitrogens is 2. The summed E-state index contributed by atoms with van der Waals surface area (Å²) in [5, 5.41) is 8.79. The van der Waals surface area contributed by atoms with Crippen molar-refractivity contribution >= 4 is 16.5 Å². The molecular weight excluding hydrogens is 256 g/mol. The maximum absolute atomic E-state index is 4.26. The molecule has 0 saturated carbocycles. The number of benzene rings is 1. The Labute approximate surface area is 117 Å². The summed E-state index contributed by atoms with van der Waals surface area (Å²) in [6.07, 6.45) is 1.12. The van der Waals surface area contributed by atoms with Gasteiger partial charge in [-0.3, -0.25) is 4.90 Å². The van der Waals surface area contributed by atoms with Crippen LogP contribution in [0.3, 0.4) is 0 Å². The molecule has 0 amide bonds. The fourth-order valence-electron chi connectivity index (χ4n) is 2.41. The van der Waals surface area contributed by atoms with Crippen LogP contribution in [0.2, 0.25) is 0 Å². The van der Waals surface area contributed by atoms with Crippen LogP contribution in [0.1, 0.15) is 30.2 Å². The number of nitrogens with zero attached hydrogens (tertiary/aromatic N) is 3. The first kappa shape index (κ1) is 12.6. The monoisotopic (exact) mass is 274 g/mol. The first-order valence-electron chi connectivity index (χ1n) is 6.71. The second kappa shape index (κ2) is 5.67. The van der Waals surface area contributed by atoms with Crippen LogP contribution >= 0.6 is 11.5 Å². The molecule has 1 aliphatic heterocycles. The fraction of sp³-hybridized carbons (Fsp3) is 0.429. The second-order valence-corrected chi connectivity index (χ2v) is 5.64.